The first kappa shape index (κ1) is 27.6. The summed E-state index contributed by atoms with van der Waals surface area (Å²) < 4.78 is 32.4. The molecule has 0 spiro atoms. The van der Waals surface area contributed by atoms with Crippen LogP contribution in [0.25, 0.3) is 11.1 Å². The van der Waals surface area contributed by atoms with Crippen molar-refractivity contribution in [2.24, 2.45) is 0 Å². The first-order chi connectivity index (χ1) is 19.2. The molecule has 208 valence electrons. The average molecular weight is 568 g/mol. The molecule has 2 fully saturated rings. The highest BCUT2D eigenvalue weighted by Crippen LogP contribution is 2.36. The number of amides is 3. The van der Waals surface area contributed by atoms with Crippen molar-refractivity contribution >= 4 is 29.3 Å². The van der Waals surface area contributed by atoms with Gasteiger partial charge in [-0.25, -0.2) is 8.78 Å². The Morgan fingerprint density at radius 1 is 0.925 bits per heavy atom. The van der Waals surface area contributed by atoms with Crippen LogP contribution in [-0.4, -0.2) is 65.8 Å². The van der Waals surface area contributed by atoms with E-state index in [0.717, 1.165) is 0 Å². The molecule has 3 atom stereocenters. The van der Waals surface area contributed by atoms with Crippen LogP contribution in [0.4, 0.5) is 8.78 Å². The molecule has 1 unspecified atom stereocenters. The van der Waals surface area contributed by atoms with E-state index in [1.54, 1.807) is 34.9 Å². The van der Waals surface area contributed by atoms with Gasteiger partial charge in [-0.2, -0.15) is 0 Å². The largest absolute Gasteiger partial charge is 0.496 e. The Hall–Kier alpha value is -3.98. The van der Waals surface area contributed by atoms with E-state index in [-0.39, 0.29) is 34.5 Å². The zero-order chi connectivity index (χ0) is 28.6. The number of carbonyl (C=O) groups excluding carboxylic acids is 3. The van der Waals surface area contributed by atoms with Crippen LogP contribution in [0.15, 0.2) is 60.7 Å². The van der Waals surface area contributed by atoms with Crippen molar-refractivity contribution in [3.63, 3.8) is 0 Å². The molecule has 0 bridgehead atoms. The zero-order valence-electron chi connectivity index (χ0n) is 22.0. The van der Waals surface area contributed by atoms with Crippen molar-refractivity contribution in [1.29, 1.82) is 0 Å². The topological polar surface area (TPSA) is 79.0 Å². The monoisotopic (exact) mass is 567 g/mol. The fourth-order valence-electron chi connectivity index (χ4n) is 5.62. The van der Waals surface area contributed by atoms with Gasteiger partial charge in [-0.05, 0) is 79.9 Å². The van der Waals surface area contributed by atoms with Gasteiger partial charge in [0, 0.05) is 24.2 Å². The number of hydrogen-bond acceptors (Lipinski definition) is 4. The Morgan fingerprint density at radius 2 is 1.57 bits per heavy atom. The third kappa shape index (κ3) is 5.25. The molecular formula is C30H28ClF2N3O4. The summed E-state index contributed by atoms with van der Waals surface area (Å²) in [5.74, 6) is -1.31. The number of carbonyl (C=O) groups is 3. The number of fused-ring (bicyclic) bond motifs is 1. The number of rotatable bonds is 6. The van der Waals surface area contributed by atoms with Gasteiger partial charge < -0.3 is 19.9 Å². The maximum atomic E-state index is 13.9. The molecule has 3 aromatic rings. The first-order valence-corrected chi connectivity index (χ1v) is 13.4. The lowest BCUT2D eigenvalue weighted by Crippen LogP contribution is -2.49. The second-order valence-corrected chi connectivity index (χ2v) is 10.4. The second kappa shape index (κ2) is 11.3. The third-order valence-corrected chi connectivity index (χ3v) is 7.93. The number of methoxy groups -OCH3 is 1. The number of nitrogens with one attached hydrogen (secondary N) is 1. The Morgan fingerprint density at radius 3 is 2.25 bits per heavy atom. The van der Waals surface area contributed by atoms with Gasteiger partial charge in [0.1, 0.15) is 23.4 Å². The molecule has 0 saturated carbocycles. The summed E-state index contributed by atoms with van der Waals surface area (Å²) in [6.07, 6.45) is 1.22. The molecule has 40 heavy (non-hydrogen) atoms. The molecule has 3 amide bonds. The van der Waals surface area contributed by atoms with Gasteiger partial charge in [0.05, 0.1) is 29.8 Å². The number of ether oxygens (including phenoxy) is 1. The summed E-state index contributed by atoms with van der Waals surface area (Å²) in [4.78, 5) is 42.8. The van der Waals surface area contributed by atoms with Crippen molar-refractivity contribution in [3.8, 4) is 16.9 Å². The highest BCUT2D eigenvalue weighted by Gasteiger charge is 2.47. The van der Waals surface area contributed by atoms with E-state index in [1.165, 1.54) is 49.6 Å². The van der Waals surface area contributed by atoms with E-state index in [1.807, 2.05) is 0 Å². The zero-order valence-corrected chi connectivity index (χ0v) is 22.8. The van der Waals surface area contributed by atoms with Gasteiger partial charge in [-0.15, -0.1) is 0 Å². The van der Waals surface area contributed by atoms with Gasteiger partial charge in [0.15, 0.2) is 0 Å². The molecule has 10 heteroatoms. The summed E-state index contributed by atoms with van der Waals surface area (Å²) in [5, 5.41) is 2.92. The van der Waals surface area contributed by atoms with Crippen LogP contribution in [0.5, 0.6) is 5.75 Å². The predicted molar refractivity (Wildman–Crippen MR) is 146 cm³/mol. The minimum atomic E-state index is -0.789. The molecule has 0 aliphatic carbocycles. The Balaban J connectivity index is 1.26. The summed E-state index contributed by atoms with van der Waals surface area (Å²) in [6, 6.07) is 13.1. The van der Waals surface area contributed by atoms with Crippen molar-refractivity contribution in [1.82, 2.24) is 15.1 Å². The standard InChI is InChI=1S/C30H28ClF2N3O4/c1-17(34-28(37)18-3-6-20(32)7-4-18)29(38)35-13-11-26-25(35)12-14-36(26)30(39)22-9-5-19(15-24(22)31)23-16-21(33)8-10-27(23)40-2/h3-10,15-17,25-26H,11-14H2,1-2H3,(H,34,37)/t17?,25-,26+/m0/s1. The highest BCUT2D eigenvalue weighted by molar-refractivity contribution is 6.34. The SMILES string of the molecule is COc1ccc(F)cc1-c1ccc(C(=O)N2CC[C@H]3[C@H]2CCN3C(=O)C(C)NC(=O)c2ccc(F)cc2)c(Cl)c1. The minimum Gasteiger partial charge on any atom is -0.496 e. The molecule has 7 nitrogen and oxygen atoms in total. The van der Waals surface area contributed by atoms with Crippen LogP contribution in [0.3, 0.4) is 0 Å². The smallest absolute Gasteiger partial charge is 0.255 e. The van der Waals surface area contributed by atoms with Crippen LogP contribution < -0.4 is 10.1 Å². The molecule has 5 rings (SSSR count). The molecular weight excluding hydrogens is 540 g/mol. The molecule has 2 aliphatic rings. The number of nitrogens with zero attached hydrogens (tertiary/aromatic N) is 2. The Kier molecular flexibility index (Phi) is 7.76. The predicted octanol–water partition coefficient (Wildman–Crippen LogP) is 4.93. The lowest BCUT2D eigenvalue weighted by Gasteiger charge is -2.28. The fraction of sp³-hybridized carbons (Fsp3) is 0.300. The van der Waals surface area contributed by atoms with Gasteiger partial charge >= 0.3 is 0 Å². The van der Waals surface area contributed by atoms with Crippen LogP contribution >= 0.6 is 11.6 Å². The maximum absolute atomic E-state index is 13.9. The van der Waals surface area contributed by atoms with E-state index >= 15 is 0 Å². The molecule has 0 radical (unpaired) electrons. The average Bonchev–Trinajstić information content (AvgIpc) is 3.55. The molecule has 0 aromatic heterocycles. The maximum Gasteiger partial charge on any atom is 0.255 e. The minimum absolute atomic E-state index is 0.170. The van der Waals surface area contributed by atoms with E-state index in [9.17, 15) is 23.2 Å². The van der Waals surface area contributed by atoms with E-state index in [2.05, 4.69) is 5.32 Å². The lowest BCUT2D eigenvalue weighted by molar-refractivity contribution is -0.133. The number of hydrogen-bond donors (Lipinski definition) is 1. The van der Waals surface area contributed by atoms with E-state index in [0.29, 0.717) is 48.4 Å². The summed E-state index contributed by atoms with van der Waals surface area (Å²) in [7, 11) is 1.50. The summed E-state index contributed by atoms with van der Waals surface area (Å²) in [6.45, 7) is 2.54. The first-order valence-electron chi connectivity index (χ1n) is 13.0. The molecule has 2 saturated heterocycles. The van der Waals surface area contributed by atoms with E-state index < -0.39 is 23.6 Å². The van der Waals surface area contributed by atoms with Crippen LogP contribution in [0.1, 0.15) is 40.5 Å². The molecule has 2 aliphatic heterocycles. The lowest BCUT2D eigenvalue weighted by atomic mass is 10.0. The van der Waals surface area contributed by atoms with Crippen LogP contribution in [0.2, 0.25) is 5.02 Å². The third-order valence-electron chi connectivity index (χ3n) is 7.62. The van der Waals surface area contributed by atoms with Gasteiger partial charge in [0.25, 0.3) is 11.8 Å². The number of halogens is 3. The molecule has 1 N–H and O–H groups in total. The molecule has 3 aromatic carbocycles. The Labute approximate surface area is 235 Å². The quantitative estimate of drug-likeness (QED) is 0.458. The van der Waals surface area contributed by atoms with E-state index in [4.69, 9.17) is 16.3 Å². The van der Waals surface area contributed by atoms with Gasteiger partial charge in [-0.1, -0.05) is 17.7 Å². The van der Waals surface area contributed by atoms with Crippen molar-refractivity contribution in [2.75, 3.05) is 20.2 Å². The van der Waals surface area contributed by atoms with Gasteiger partial charge in [-0.3, -0.25) is 14.4 Å². The van der Waals surface area contributed by atoms with Crippen LogP contribution in [-0.2, 0) is 4.79 Å². The van der Waals surface area contributed by atoms with Crippen molar-refractivity contribution < 1.29 is 27.9 Å². The number of benzene rings is 3. The van der Waals surface area contributed by atoms with Crippen molar-refractivity contribution in [3.05, 3.63) is 88.4 Å². The Bertz CT molecular complexity index is 1470. The second-order valence-electron chi connectivity index (χ2n) is 9.98. The van der Waals surface area contributed by atoms with Crippen LogP contribution in [0, 0.1) is 11.6 Å². The fourth-order valence-corrected chi connectivity index (χ4v) is 5.88. The molecule has 2 heterocycles. The normalized spacial score (nSPS) is 18.8. The summed E-state index contributed by atoms with van der Waals surface area (Å²) >= 11 is 6.55. The van der Waals surface area contributed by atoms with Gasteiger partial charge in [0.2, 0.25) is 5.91 Å². The number of likely N-dealkylation sites (tertiary alicyclic amines) is 2. The highest BCUT2D eigenvalue weighted by atomic mass is 35.5. The van der Waals surface area contributed by atoms with Crippen molar-refractivity contribution in [2.45, 2.75) is 37.9 Å². The summed E-state index contributed by atoms with van der Waals surface area (Å²) in [5.41, 5.74) is 1.73.